The summed E-state index contributed by atoms with van der Waals surface area (Å²) in [6.45, 7) is 3.94. The molecule has 0 radical (unpaired) electrons. The summed E-state index contributed by atoms with van der Waals surface area (Å²) >= 11 is 12.2. The van der Waals surface area contributed by atoms with Crippen molar-refractivity contribution in [1.82, 2.24) is 0 Å². The monoisotopic (exact) mass is 294 g/mol. The Hall–Kier alpha value is -1.02. The molecule has 0 saturated heterocycles. The molecule has 2 aromatic carbocycles. The maximum atomic E-state index is 11.2. The van der Waals surface area contributed by atoms with E-state index in [1.807, 2.05) is 44.2 Å². The Morgan fingerprint density at radius 1 is 0.947 bits per heavy atom. The summed E-state index contributed by atoms with van der Waals surface area (Å²) < 4.78 is 0. The first-order valence-corrected chi connectivity index (χ1v) is 6.95. The summed E-state index contributed by atoms with van der Waals surface area (Å²) in [7, 11) is 0. The fourth-order valence-electron chi connectivity index (χ4n) is 2.27. The van der Waals surface area contributed by atoms with Crippen LogP contribution < -0.4 is 0 Å². The Bertz CT molecular complexity index is 563. The van der Waals surface area contributed by atoms with Gasteiger partial charge in [0.1, 0.15) is 5.60 Å². The minimum atomic E-state index is -1.12. The first-order valence-electron chi connectivity index (χ1n) is 6.19. The largest absolute Gasteiger partial charge is 0.380 e. The molecule has 2 rings (SSSR count). The minimum Gasteiger partial charge on any atom is -0.380 e. The van der Waals surface area contributed by atoms with Gasteiger partial charge in [0.2, 0.25) is 0 Å². The van der Waals surface area contributed by atoms with Crippen LogP contribution in [0.3, 0.4) is 0 Å². The number of benzene rings is 2. The van der Waals surface area contributed by atoms with Gasteiger partial charge in [-0.1, -0.05) is 67.4 Å². The third-order valence-electron chi connectivity index (χ3n) is 3.40. The highest BCUT2D eigenvalue weighted by Gasteiger charge is 2.36. The zero-order valence-electron chi connectivity index (χ0n) is 10.9. The molecule has 100 valence electrons. The van der Waals surface area contributed by atoms with Crippen LogP contribution in [-0.2, 0) is 5.60 Å². The van der Waals surface area contributed by atoms with Crippen molar-refractivity contribution in [2.45, 2.75) is 19.4 Å². The van der Waals surface area contributed by atoms with Crippen LogP contribution >= 0.6 is 23.2 Å². The van der Waals surface area contributed by atoms with Gasteiger partial charge < -0.3 is 5.11 Å². The van der Waals surface area contributed by atoms with Gasteiger partial charge in [0.15, 0.2) is 0 Å². The Balaban J connectivity index is 2.62. The number of hydrogen-bond acceptors (Lipinski definition) is 1. The van der Waals surface area contributed by atoms with Gasteiger partial charge >= 0.3 is 0 Å². The van der Waals surface area contributed by atoms with Crippen LogP contribution in [0.5, 0.6) is 0 Å². The second-order valence-electron chi connectivity index (χ2n) is 4.91. The molecule has 0 saturated carbocycles. The second kappa shape index (κ2) is 5.54. The topological polar surface area (TPSA) is 20.2 Å². The quantitative estimate of drug-likeness (QED) is 0.855. The molecule has 19 heavy (non-hydrogen) atoms. The molecule has 2 aromatic rings. The van der Waals surface area contributed by atoms with E-state index in [1.165, 1.54) is 0 Å². The molecule has 0 aliphatic rings. The van der Waals surface area contributed by atoms with E-state index in [4.69, 9.17) is 23.2 Å². The lowest BCUT2D eigenvalue weighted by Gasteiger charge is -2.34. The van der Waals surface area contributed by atoms with Crippen molar-refractivity contribution in [3.05, 3.63) is 69.7 Å². The SMILES string of the molecule is CC(C)[C@@](O)(c1ccc(Cl)cc1)c1ccccc1Cl. The average molecular weight is 295 g/mol. The van der Waals surface area contributed by atoms with Gasteiger partial charge in [-0.05, 0) is 29.7 Å². The van der Waals surface area contributed by atoms with Crippen molar-refractivity contribution >= 4 is 23.2 Å². The second-order valence-corrected chi connectivity index (χ2v) is 5.75. The molecule has 0 heterocycles. The average Bonchev–Trinajstić information content (AvgIpc) is 2.39. The molecule has 0 bridgehead atoms. The fraction of sp³-hybridized carbons (Fsp3) is 0.250. The van der Waals surface area contributed by atoms with E-state index in [0.29, 0.717) is 15.6 Å². The smallest absolute Gasteiger partial charge is 0.118 e. The predicted octanol–water partition coefficient (Wildman–Crippen LogP) is 4.89. The van der Waals surface area contributed by atoms with E-state index in [2.05, 4.69) is 0 Å². The third kappa shape index (κ3) is 2.64. The molecular weight excluding hydrogens is 279 g/mol. The van der Waals surface area contributed by atoms with Gasteiger partial charge in [0.05, 0.1) is 0 Å². The molecular formula is C16H16Cl2O. The van der Waals surface area contributed by atoms with Gasteiger partial charge in [0, 0.05) is 15.6 Å². The van der Waals surface area contributed by atoms with Crippen LogP contribution in [0.4, 0.5) is 0 Å². The van der Waals surface area contributed by atoms with Crippen LogP contribution in [0.15, 0.2) is 48.5 Å². The van der Waals surface area contributed by atoms with Gasteiger partial charge in [-0.2, -0.15) is 0 Å². The van der Waals surface area contributed by atoms with E-state index in [1.54, 1.807) is 18.2 Å². The van der Waals surface area contributed by atoms with Crippen LogP contribution in [0.2, 0.25) is 10.0 Å². The van der Waals surface area contributed by atoms with Gasteiger partial charge in [-0.25, -0.2) is 0 Å². The van der Waals surface area contributed by atoms with Crippen molar-refractivity contribution in [2.24, 2.45) is 5.92 Å². The van der Waals surface area contributed by atoms with E-state index < -0.39 is 5.60 Å². The van der Waals surface area contributed by atoms with Crippen molar-refractivity contribution in [3.63, 3.8) is 0 Å². The van der Waals surface area contributed by atoms with E-state index >= 15 is 0 Å². The number of hydrogen-bond donors (Lipinski definition) is 1. The summed E-state index contributed by atoms with van der Waals surface area (Å²) in [6.07, 6.45) is 0. The summed E-state index contributed by atoms with van der Waals surface area (Å²) in [5, 5.41) is 12.4. The van der Waals surface area contributed by atoms with Crippen molar-refractivity contribution < 1.29 is 5.11 Å². The van der Waals surface area contributed by atoms with Crippen LogP contribution in [-0.4, -0.2) is 5.11 Å². The van der Waals surface area contributed by atoms with Crippen molar-refractivity contribution in [3.8, 4) is 0 Å². The van der Waals surface area contributed by atoms with E-state index in [-0.39, 0.29) is 5.92 Å². The van der Waals surface area contributed by atoms with Gasteiger partial charge in [-0.15, -0.1) is 0 Å². The van der Waals surface area contributed by atoms with E-state index in [0.717, 1.165) is 5.56 Å². The lowest BCUT2D eigenvalue weighted by Crippen LogP contribution is -2.33. The molecule has 0 spiro atoms. The van der Waals surface area contributed by atoms with E-state index in [9.17, 15) is 5.11 Å². The summed E-state index contributed by atoms with van der Waals surface area (Å²) in [5.74, 6) is -0.0198. The normalized spacial score (nSPS) is 14.4. The molecule has 0 fully saturated rings. The predicted molar refractivity (Wildman–Crippen MR) is 80.7 cm³/mol. The Labute approximate surface area is 123 Å². The highest BCUT2D eigenvalue weighted by Crippen LogP contribution is 2.40. The zero-order valence-corrected chi connectivity index (χ0v) is 12.4. The highest BCUT2D eigenvalue weighted by molar-refractivity contribution is 6.31. The molecule has 3 heteroatoms. The summed E-state index contributed by atoms with van der Waals surface area (Å²) in [5.41, 5.74) is 0.386. The molecule has 1 N–H and O–H groups in total. The Kier molecular flexibility index (Phi) is 4.19. The van der Waals surface area contributed by atoms with Gasteiger partial charge in [0.25, 0.3) is 0 Å². The number of halogens is 2. The molecule has 0 amide bonds. The summed E-state index contributed by atoms with van der Waals surface area (Å²) in [6, 6.07) is 14.6. The third-order valence-corrected chi connectivity index (χ3v) is 3.99. The maximum absolute atomic E-state index is 11.2. The van der Waals surface area contributed by atoms with Crippen LogP contribution in [0.25, 0.3) is 0 Å². The molecule has 1 nitrogen and oxygen atoms in total. The molecule has 0 aliphatic carbocycles. The summed E-state index contributed by atoms with van der Waals surface area (Å²) in [4.78, 5) is 0. The zero-order chi connectivity index (χ0) is 14.0. The first kappa shape index (κ1) is 14.4. The minimum absolute atomic E-state index is 0.0198. The highest BCUT2D eigenvalue weighted by atomic mass is 35.5. The Morgan fingerprint density at radius 3 is 2.05 bits per heavy atom. The maximum Gasteiger partial charge on any atom is 0.118 e. The van der Waals surface area contributed by atoms with Gasteiger partial charge in [-0.3, -0.25) is 0 Å². The standard InChI is InChI=1S/C16H16Cl2O/c1-11(2)16(19,12-7-9-13(17)10-8-12)14-5-3-4-6-15(14)18/h3-11,19H,1-2H3/t16-/m1/s1. The lowest BCUT2D eigenvalue weighted by molar-refractivity contribution is 0.0319. The van der Waals surface area contributed by atoms with Crippen LogP contribution in [0.1, 0.15) is 25.0 Å². The Morgan fingerprint density at radius 2 is 1.53 bits per heavy atom. The van der Waals surface area contributed by atoms with Crippen LogP contribution in [0, 0.1) is 5.92 Å². The number of rotatable bonds is 3. The van der Waals surface area contributed by atoms with Crippen molar-refractivity contribution in [2.75, 3.05) is 0 Å². The number of aliphatic hydroxyl groups is 1. The van der Waals surface area contributed by atoms with Crippen molar-refractivity contribution in [1.29, 1.82) is 0 Å². The fourth-order valence-corrected chi connectivity index (χ4v) is 2.68. The molecule has 0 aromatic heterocycles. The molecule has 0 aliphatic heterocycles. The first-order chi connectivity index (χ1) is 8.96. The molecule has 1 atom stereocenters. The molecule has 0 unspecified atom stereocenters. The lowest BCUT2D eigenvalue weighted by atomic mass is 9.78.